The third kappa shape index (κ3) is 2.33. The fraction of sp³-hybridized carbons (Fsp3) is 0.200. The highest BCUT2D eigenvalue weighted by atomic mass is 16.5. The highest BCUT2D eigenvalue weighted by molar-refractivity contribution is 6.21. The molecule has 1 aliphatic heterocycles. The number of carbonyl (C=O) groups excluding carboxylic acids is 3. The Morgan fingerprint density at radius 1 is 1.17 bits per heavy atom. The third-order valence-corrected chi connectivity index (χ3v) is 3.45. The number of hydrogen-bond donors (Lipinski definition) is 1. The first-order valence-electron chi connectivity index (χ1n) is 6.87. The van der Waals surface area contributed by atoms with Gasteiger partial charge in [0.25, 0.3) is 11.8 Å². The average Bonchev–Trinajstić information content (AvgIpc) is 3.02. The lowest BCUT2D eigenvalue weighted by Crippen LogP contribution is -2.30. The molecule has 1 aromatic carbocycles. The molecule has 0 aliphatic carbocycles. The summed E-state index contributed by atoms with van der Waals surface area (Å²) in [5.41, 5.74) is -0.677. The van der Waals surface area contributed by atoms with Crippen molar-refractivity contribution in [2.45, 2.75) is 13.5 Å². The van der Waals surface area contributed by atoms with Gasteiger partial charge in [0, 0.05) is 0 Å². The molecule has 0 radical (unpaired) electrons. The lowest BCUT2D eigenvalue weighted by atomic mass is 10.1. The van der Waals surface area contributed by atoms with Crippen LogP contribution in [0.1, 0.15) is 43.7 Å². The summed E-state index contributed by atoms with van der Waals surface area (Å²) < 4.78 is 9.37. The van der Waals surface area contributed by atoms with E-state index in [1.807, 2.05) is 0 Å². The molecular weight excluding hydrogens is 304 g/mol. The van der Waals surface area contributed by atoms with E-state index in [0.29, 0.717) is 0 Å². The van der Waals surface area contributed by atoms with E-state index in [1.165, 1.54) is 0 Å². The van der Waals surface area contributed by atoms with Crippen LogP contribution >= 0.6 is 0 Å². The normalized spacial score (nSPS) is 13.3. The second-order valence-corrected chi connectivity index (χ2v) is 4.81. The first kappa shape index (κ1) is 14.8. The summed E-state index contributed by atoms with van der Waals surface area (Å²) in [4.78, 5) is 49.0. The third-order valence-electron chi connectivity index (χ3n) is 3.45. The van der Waals surface area contributed by atoms with Crippen molar-refractivity contribution >= 4 is 17.8 Å². The van der Waals surface area contributed by atoms with Gasteiger partial charge < -0.3 is 9.26 Å². The molecule has 1 N–H and O–H groups in total. The molecule has 2 heterocycles. The van der Waals surface area contributed by atoms with Crippen molar-refractivity contribution in [1.29, 1.82) is 0 Å². The van der Waals surface area contributed by atoms with Crippen LogP contribution in [0.4, 0.5) is 0 Å². The molecule has 8 nitrogen and oxygen atoms in total. The highest BCUT2D eigenvalue weighted by Gasteiger charge is 2.36. The Morgan fingerprint density at radius 3 is 2.35 bits per heavy atom. The first-order valence-corrected chi connectivity index (χ1v) is 6.87. The molecule has 0 bridgehead atoms. The summed E-state index contributed by atoms with van der Waals surface area (Å²) in [6.45, 7) is 1.39. The molecule has 3 rings (SSSR count). The first-order chi connectivity index (χ1) is 11.0. The zero-order valence-corrected chi connectivity index (χ0v) is 12.1. The van der Waals surface area contributed by atoms with Crippen molar-refractivity contribution in [3.05, 3.63) is 57.1 Å². The second-order valence-electron chi connectivity index (χ2n) is 4.81. The molecule has 2 aromatic rings. The lowest BCUT2D eigenvalue weighted by molar-refractivity contribution is 0.0515. The summed E-state index contributed by atoms with van der Waals surface area (Å²) >= 11 is 0. The number of nitrogens with one attached hydrogen (secondary N) is 1. The van der Waals surface area contributed by atoms with Crippen molar-refractivity contribution in [3.8, 4) is 0 Å². The monoisotopic (exact) mass is 316 g/mol. The Balaban J connectivity index is 1.93. The lowest BCUT2D eigenvalue weighted by Gasteiger charge is -2.12. The maximum absolute atomic E-state index is 12.3. The molecule has 1 aliphatic rings. The van der Waals surface area contributed by atoms with E-state index in [-0.39, 0.29) is 35.5 Å². The number of fused-ring (bicyclic) bond motifs is 1. The van der Waals surface area contributed by atoms with Crippen molar-refractivity contribution in [2.24, 2.45) is 0 Å². The summed E-state index contributed by atoms with van der Waals surface area (Å²) in [5.74, 6) is -1.86. The fourth-order valence-corrected chi connectivity index (χ4v) is 2.40. The molecular formula is C15H12N2O6. The molecule has 23 heavy (non-hydrogen) atoms. The summed E-state index contributed by atoms with van der Waals surface area (Å²) in [6, 6.07) is 6.38. The van der Waals surface area contributed by atoms with Crippen molar-refractivity contribution in [1.82, 2.24) is 10.1 Å². The maximum Gasteiger partial charge on any atom is 0.372 e. The number of amides is 2. The minimum atomic E-state index is -0.907. The summed E-state index contributed by atoms with van der Waals surface area (Å²) in [6.07, 6.45) is 0. The van der Waals surface area contributed by atoms with Gasteiger partial charge >= 0.3 is 11.6 Å². The van der Waals surface area contributed by atoms with Crippen LogP contribution in [0.15, 0.2) is 33.6 Å². The van der Waals surface area contributed by atoms with Crippen LogP contribution in [-0.4, -0.2) is 34.4 Å². The summed E-state index contributed by atoms with van der Waals surface area (Å²) in [7, 11) is 0. The van der Waals surface area contributed by atoms with E-state index in [1.54, 1.807) is 31.2 Å². The second kappa shape index (κ2) is 5.56. The number of H-pyrrole nitrogens is 1. The number of aromatic nitrogens is 1. The van der Waals surface area contributed by atoms with Crippen LogP contribution < -0.4 is 5.63 Å². The molecule has 1 aromatic heterocycles. The molecule has 8 heteroatoms. The molecule has 2 amide bonds. The number of aromatic amines is 1. The topological polar surface area (TPSA) is 110 Å². The van der Waals surface area contributed by atoms with Crippen LogP contribution in [0.2, 0.25) is 0 Å². The number of esters is 1. The Hall–Kier alpha value is -3.16. The van der Waals surface area contributed by atoms with Crippen LogP contribution in [0.3, 0.4) is 0 Å². The standard InChI is InChI=1S/C15H12N2O6/c1-2-22-14(20)11-10(16-23-15(11)21)7-17-12(18)8-5-3-4-6-9(8)13(17)19/h3-6,16H,2,7H2,1H3. The van der Waals surface area contributed by atoms with Crippen molar-refractivity contribution in [2.75, 3.05) is 6.61 Å². The Labute approximate surface area is 129 Å². The van der Waals surface area contributed by atoms with Crippen molar-refractivity contribution in [3.63, 3.8) is 0 Å². The number of carbonyl (C=O) groups is 3. The van der Waals surface area contributed by atoms with E-state index in [2.05, 4.69) is 9.68 Å². The van der Waals surface area contributed by atoms with E-state index in [0.717, 1.165) is 4.90 Å². The zero-order chi connectivity index (χ0) is 16.6. The molecule has 0 spiro atoms. The highest BCUT2D eigenvalue weighted by Crippen LogP contribution is 2.24. The fourth-order valence-electron chi connectivity index (χ4n) is 2.40. The number of nitrogens with zero attached hydrogens (tertiary/aromatic N) is 1. The Kier molecular flexibility index (Phi) is 3.57. The van der Waals surface area contributed by atoms with Gasteiger partial charge in [0.1, 0.15) is 0 Å². The largest absolute Gasteiger partial charge is 0.462 e. The van der Waals surface area contributed by atoms with Crippen LogP contribution in [0.5, 0.6) is 0 Å². The molecule has 118 valence electrons. The average molecular weight is 316 g/mol. The molecule has 0 unspecified atom stereocenters. The van der Waals surface area contributed by atoms with Gasteiger partial charge in [0.05, 0.1) is 30.0 Å². The van der Waals surface area contributed by atoms with E-state index < -0.39 is 23.4 Å². The van der Waals surface area contributed by atoms with E-state index in [9.17, 15) is 19.2 Å². The number of hydrogen-bond acceptors (Lipinski definition) is 6. The van der Waals surface area contributed by atoms with Crippen molar-refractivity contribution < 1.29 is 23.6 Å². The number of imide groups is 1. The molecule has 0 saturated heterocycles. The van der Waals surface area contributed by atoms with E-state index >= 15 is 0 Å². The Morgan fingerprint density at radius 2 is 1.78 bits per heavy atom. The summed E-state index contributed by atoms with van der Waals surface area (Å²) in [5, 5.41) is 2.27. The van der Waals surface area contributed by atoms with Gasteiger partial charge in [-0.1, -0.05) is 12.1 Å². The van der Waals surface area contributed by atoms with Crippen LogP contribution in [-0.2, 0) is 11.3 Å². The number of ether oxygens (including phenoxy) is 1. The van der Waals surface area contributed by atoms with Crippen LogP contribution in [0, 0.1) is 0 Å². The minimum absolute atomic E-state index is 0.0166. The van der Waals surface area contributed by atoms with Crippen LogP contribution in [0.25, 0.3) is 0 Å². The van der Waals surface area contributed by atoms with Gasteiger partial charge in [0.2, 0.25) is 0 Å². The molecule has 0 saturated carbocycles. The van der Waals surface area contributed by atoms with Gasteiger partial charge in [-0.25, -0.2) is 14.7 Å². The predicted molar refractivity (Wildman–Crippen MR) is 75.9 cm³/mol. The molecule has 0 atom stereocenters. The smallest absolute Gasteiger partial charge is 0.372 e. The maximum atomic E-state index is 12.3. The van der Waals surface area contributed by atoms with Gasteiger partial charge in [0.15, 0.2) is 5.56 Å². The van der Waals surface area contributed by atoms with Gasteiger partial charge in [-0.2, -0.15) is 0 Å². The van der Waals surface area contributed by atoms with Gasteiger partial charge in [-0.15, -0.1) is 0 Å². The minimum Gasteiger partial charge on any atom is -0.462 e. The number of benzene rings is 1. The quantitative estimate of drug-likeness (QED) is 0.664. The SMILES string of the molecule is CCOC(=O)c1c(CN2C(=O)c3ccccc3C2=O)[nH]oc1=O. The van der Waals surface area contributed by atoms with Gasteiger partial charge in [-0.3, -0.25) is 14.5 Å². The number of rotatable bonds is 4. The predicted octanol–water partition coefficient (Wildman–Crippen LogP) is 0.941. The van der Waals surface area contributed by atoms with E-state index in [4.69, 9.17) is 4.74 Å². The Bertz CT molecular complexity index is 828. The molecule has 0 fully saturated rings. The zero-order valence-electron chi connectivity index (χ0n) is 12.1. The van der Waals surface area contributed by atoms with Gasteiger partial charge in [-0.05, 0) is 19.1 Å².